The van der Waals surface area contributed by atoms with Gasteiger partial charge in [0.25, 0.3) is 0 Å². The molecule has 98 valence electrons. The van der Waals surface area contributed by atoms with Crippen LogP contribution < -0.4 is 10.7 Å². The smallest absolute Gasteiger partial charge is 0.329 e. The molecule has 2 N–H and O–H groups in total. The van der Waals surface area contributed by atoms with E-state index in [1.54, 1.807) is 0 Å². The van der Waals surface area contributed by atoms with E-state index in [9.17, 15) is 4.79 Å². The van der Waals surface area contributed by atoms with Crippen LogP contribution in [0, 0.1) is 0 Å². The summed E-state index contributed by atoms with van der Waals surface area (Å²) < 4.78 is 5.21. The monoisotopic (exact) mass is 249 g/mol. The highest BCUT2D eigenvalue weighted by atomic mass is 16.5. The standard InChI is InChI=1S/C13H19N3O2/c17-13(15-16-8-10-18-11-9-16)14-7-6-12-4-2-1-3-5-12/h1-5H,6-11H2,(H2,14,15,17). The predicted octanol–water partition coefficient (Wildman–Crippen LogP) is 0.775. The van der Waals surface area contributed by atoms with Crippen molar-refractivity contribution in [1.82, 2.24) is 15.8 Å². The maximum atomic E-state index is 11.6. The fourth-order valence-corrected chi connectivity index (χ4v) is 1.82. The van der Waals surface area contributed by atoms with Crippen molar-refractivity contribution >= 4 is 6.03 Å². The number of benzene rings is 1. The molecule has 0 saturated carbocycles. The fourth-order valence-electron chi connectivity index (χ4n) is 1.82. The predicted molar refractivity (Wildman–Crippen MR) is 69.1 cm³/mol. The fraction of sp³-hybridized carbons (Fsp3) is 0.462. The quantitative estimate of drug-likeness (QED) is 0.829. The Morgan fingerprint density at radius 2 is 1.94 bits per heavy atom. The van der Waals surface area contributed by atoms with Gasteiger partial charge < -0.3 is 10.1 Å². The van der Waals surface area contributed by atoms with Crippen molar-refractivity contribution < 1.29 is 9.53 Å². The average molecular weight is 249 g/mol. The lowest BCUT2D eigenvalue weighted by atomic mass is 10.1. The van der Waals surface area contributed by atoms with Crippen molar-refractivity contribution in [3.05, 3.63) is 35.9 Å². The van der Waals surface area contributed by atoms with Gasteiger partial charge in [0.1, 0.15) is 0 Å². The molecule has 1 aromatic rings. The molecule has 18 heavy (non-hydrogen) atoms. The number of carbonyl (C=O) groups is 1. The lowest BCUT2D eigenvalue weighted by Crippen LogP contribution is -2.51. The van der Waals surface area contributed by atoms with Gasteiger partial charge in [-0.15, -0.1) is 0 Å². The van der Waals surface area contributed by atoms with E-state index in [0.717, 1.165) is 19.5 Å². The van der Waals surface area contributed by atoms with Gasteiger partial charge in [0.2, 0.25) is 0 Å². The highest BCUT2D eigenvalue weighted by Gasteiger charge is 2.12. The van der Waals surface area contributed by atoms with Gasteiger partial charge in [0.15, 0.2) is 0 Å². The topological polar surface area (TPSA) is 53.6 Å². The van der Waals surface area contributed by atoms with Gasteiger partial charge in [-0.25, -0.2) is 9.80 Å². The summed E-state index contributed by atoms with van der Waals surface area (Å²) in [4.78, 5) is 11.6. The maximum absolute atomic E-state index is 11.6. The molecule has 0 atom stereocenters. The minimum absolute atomic E-state index is 0.146. The molecule has 1 saturated heterocycles. The molecule has 1 heterocycles. The number of hydrogen-bond acceptors (Lipinski definition) is 3. The zero-order valence-corrected chi connectivity index (χ0v) is 10.4. The SMILES string of the molecule is O=C(NCCc1ccccc1)NN1CCOCC1. The molecular formula is C13H19N3O2. The van der Waals surface area contributed by atoms with E-state index in [4.69, 9.17) is 4.74 Å². The van der Waals surface area contributed by atoms with E-state index in [1.807, 2.05) is 23.2 Å². The Bertz CT molecular complexity index is 364. The number of morpholine rings is 1. The zero-order chi connectivity index (χ0) is 12.6. The average Bonchev–Trinajstić information content (AvgIpc) is 2.41. The van der Waals surface area contributed by atoms with Crippen LogP contribution in [0.5, 0.6) is 0 Å². The van der Waals surface area contributed by atoms with Gasteiger partial charge in [0.05, 0.1) is 13.2 Å². The Kier molecular flexibility index (Phi) is 4.99. The van der Waals surface area contributed by atoms with Crippen LogP contribution in [0.4, 0.5) is 4.79 Å². The molecular weight excluding hydrogens is 230 g/mol. The summed E-state index contributed by atoms with van der Waals surface area (Å²) in [6.45, 7) is 3.47. The normalized spacial score (nSPS) is 16.2. The van der Waals surface area contributed by atoms with Gasteiger partial charge in [-0.1, -0.05) is 30.3 Å². The first-order valence-corrected chi connectivity index (χ1v) is 6.26. The molecule has 0 aromatic heterocycles. The van der Waals surface area contributed by atoms with Crippen LogP contribution >= 0.6 is 0 Å². The van der Waals surface area contributed by atoms with Gasteiger partial charge in [-0.05, 0) is 12.0 Å². The molecule has 1 fully saturated rings. The summed E-state index contributed by atoms with van der Waals surface area (Å²) in [6, 6.07) is 9.96. The second-order valence-corrected chi connectivity index (χ2v) is 4.20. The first-order chi connectivity index (χ1) is 8.84. The molecule has 0 bridgehead atoms. The number of rotatable bonds is 4. The maximum Gasteiger partial charge on any atom is 0.329 e. The van der Waals surface area contributed by atoms with E-state index >= 15 is 0 Å². The van der Waals surface area contributed by atoms with Crippen LogP contribution in [0.25, 0.3) is 0 Å². The van der Waals surface area contributed by atoms with E-state index < -0.39 is 0 Å². The third-order valence-electron chi connectivity index (χ3n) is 2.81. The van der Waals surface area contributed by atoms with Crippen LogP contribution in [0.2, 0.25) is 0 Å². The van der Waals surface area contributed by atoms with Crippen LogP contribution in [-0.2, 0) is 11.2 Å². The summed E-state index contributed by atoms with van der Waals surface area (Å²) >= 11 is 0. The third kappa shape index (κ3) is 4.35. The molecule has 1 aliphatic rings. The number of ether oxygens (including phenoxy) is 1. The summed E-state index contributed by atoms with van der Waals surface area (Å²) in [5.41, 5.74) is 4.03. The van der Waals surface area contributed by atoms with Crippen molar-refractivity contribution in [2.45, 2.75) is 6.42 Å². The van der Waals surface area contributed by atoms with Crippen LogP contribution in [0.3, 0.4) is 0 Å². The molecule has 2 rings (SSSR count). The second-order valence-electron chi connectivity index (χ2n) is 4.20. The second kappa shape index (κ2) is 6.98. The minimum atomic E-state index is -0.146. The summed E-state index contributed by atoms with van der Waals surface area (Å²) in [6.07, 6.45) is 0.845. The lowest BCUT2D eigenvalue weighted by molar-refractivity contribution is 0.0195. The number of hydrazine groups is 1. The van der Waals surface area contributed by atoms with E-state index in [-0.39, 0.29) is 6.03 Å². The minimum Gasteiger partial charge on any atom is -0.379 e. The Morgan fingerprint density at radius 1 is 1.22 bits per heavy atom. The molecule has 5 nitrogen and oxygen atoms in total. The Balaban J connectivity index is 1.62. The van der Waals surface area contributed by atoms with Crippen molar-refractivity contribution in [2.75, 3.05) is 32.8 Å². The largest absolute Gasteiger partial charge is 0.379 e. The summed E-state index contributed by atoms with van der Waals surface area (Å²) in [5, 5.41) is 4.72. The molecule has 1 aliphatic heterocycles. The summed E-state index contributed by atoms with van der Waals surface area (Å²) in [7, 11) is 0. The lowest BCUT2D eigenvalue weighted by Gasteiger charge is -2.26. The van der Waals surface area contributed by atoms with Gasteiger partial charge >= 0.3 is 6.03 Å². The van der Waals surface area contributed by atoms with E-state index in [0.29, 0.717) is 19.8 Å². The van der Waals surface area contributed by atoms with Gasteiger partial charge in [-0.3, -0.25) is 5.43 Å². The highest BCUT2D eigenvalue weighted by molar-refractivity contribution is 5.73. The van der Waals surface area contributed by atoms with E-state index in [1.165, 1.54) is 5.56 Å². The molecule has 5 heteroatoms. The van der Waals surface area contributed by atoms with Gasteiger partial charge in [-0.2, -0.15) is 0 Å². The summed E-state index contributed by atoms with van der Waals surface area (Å²) in [5.74, 6) is 0. The van der Waals surface area contributed by atoms with Crippen LogP contribution in [-0.4, -0.2) is 43.9 Å². The van der Waals surface area contributed by atoms with E-state index in [2.05, 4.69) is 22.9 Å². The first kappa shape index (κ1) is 12.9. The number of carbonyl (C=O) groups excluding carboxylic acids is 1. The van der Waals surface area contributed by atoms with Crippen LogP contribution in [0.15, 0.2) is 30.3 Å². The van der Waals surface area contributed by atoms with Crippen molar-refractivity contribution in [2.24, 2.45) is 0 Å². The Hall–Kier alpha value is -1.59. The number of nitrogens with zero attached hydrogens (tertiary/aromatic N) is 1. The van der Waals surface area contributed by atoms with Crippen molar-refractivity contribution in [3.8, 4) is 0 Å². The van der Waals surface area contributed by atoms with Crippen molar-refractivity contribution in [3.63, 3.8) is 0 Å². The molecule has 0 unspecified atom stereocenters. The Morgan fingerprint density at radius 3 is 2.67 bits per heavy atom. The van der Waals surface area contributed by atoms with Gasteiger partial charge in [0, 0.05) is 19.6 Å². The number of urea groups is 1. The molecule has 0 aliphatic carbocycles. The number of amides is 2. The zero-order valence-electron chi connectivity index (χ0n) is 10.4. The Labute approximate surface area is 107 Å². The number of nitrogens with one attached hydrogen (secondary N) is 2. The number of hydrogen-bond donors (Lipinski definition) is 2. The molecule has 0 radical (unpaired) electrons. The third-order valence-corrected chi connectivity index (χ3v) is 2.81. The van der Waals surface area contributed by atoms with Crippen LogP contribution in [0.1, 0.15) is 5.56 Å². The molecule has 0 spiro atoms. The molecule has 1 aromatic carbocycles. The highest BCUT2D eigenvalue weighted by Crippen LogP contribution is 1.98. The first-order valence-electron chi connectivity index (χ1n) is 6.26. The van der Waals surface area contributed by atoms with Crippen molar-refractivity contribution in [1.29, 1.82) is 0 Å². The molecule has 2 amide bonds.